The monoisotopic (exact) mass is 378 g/mol. The summed E-state index contributed by atoms with van der Waals surface area (Å²) in [5, 5.41) is 2.84. The van der Waals surface area contributed by atoms with Crippen LogP contribution in [-0.2, 0) is 17.4 Å². The lowest BCUT2D eigenvalue weighted by Crippen LogP contribution is -2.41. The Kier molecular flexibility index (Phi) is 7.42. The van der Waals surface area contributed by atoms with Crippen molar-refractivity contribution in [3.8, 4) is 11.1 Å². The second-order valence-electron chi connectivity index (χ2n) is 6.56. The van der Waals surface area contributed by atoms with Gasteiger partial charge in [0.05, 0.1) is 11.6 Å². The Balaban J connectivity index is 1.87. The molecule has 0 heterocycles. The molecule has 1 amide bonds. The van der Waals surface area contributed by atoms with Gasteiger partial charge >= 0.3 is 6.18 Å². The molecule has 1 atom stereocenters. The first kappa shape index (κ1) is 21.0. The number of hydrogen-bond donors (Lipinski definition) is 2. The van der Waals surface area contributed by atoms with Crippen LogP contribution in [0.25, 0.3) is 11.1 Å². The standard InChI is InChI=1S/C21H25F3N2O/c1-2-3-4-19(25)20(27)26-14-13-15-5-7-16(8-6-15)17-9-11-18(12-10-17)21(22,23)24/h5-12,19H,2-4,13-14,25H2,1H3,(H,26,27)/t19-/m0/s1. The molecule has 0 aliphatic carbocycles. The van der Waals surface area contributed by atoms with E-state index in [9.17, 15) is 18.0 Å². The fraction of sp³-hybridized carbons (Fsp3) is 0.381. The maximum Gasteiger partial charge on any atom is 0.416 e. The molecule has 0 aliphatic heterocycles. The average Bonchev–Trinajstić information content (AvgIpc) is 2.66. The Hall–Kier alpha value is -2.34. The van der Waals surface area contributed by atoms with E-state index in [-0.39, 0.29) is 5.91 Å². The van der Waals surface area contributed by atoms with Crippen LogP contribution in [0, 0.1) is 0 Å². The van der Waals surface area contributed by atoms with Crippen LogP contribution in [0.2, 0.25) is 0 Å². The molecular weight excluding hydrogens is 353 g/mol. The van der Waals surface area contributed by atoms with Crippen molar-refractivity contribution in [3.05, 3.63) is 59.7 Å². The third-order valence-electron chi connectivity index (χ3n) is 4.42. The highest BCUT2D eigenvalue weighted by Gasteiger charge is 2.29. The topological polar surface area (TPSA) is 55.1 Å². The Morgan fingerprint density at radius 1 is 1.04 bits per heavy atom. The van der Waals surface area contributed by atoms with Crippen LogP contribution in [0.15, 0.2) is 48.5 Å². The molecule has 0 fully saturated rings. The molecule has 0 radical (unpaired) electrons. The number of unbranched alkanes of at least 4 members (excludes halogenated alkanes) is 1. The predicted octanol–water partition coefficient (Wildman–Crippen LogP) is 4.55. The van der Waals surface area contributed by atoms with Gasteiger partial charge < -0.3 is 11.1 Å². The van der Waals surface area contributed by atoms with E-state index >= 15 is 0 Å². The molecule has 0 bridgehead atoms. The van der Waals surface area contributed by atoms with E-state index in [1.807, 2.05) is 24.3 Å². The molecular formula is C21H25F3N2O. The molecule has 27 heavy (non-hydrogen) atoms. The maximum absolute atomic E-state index is 12.6. The number of carbonyl (C=O) groups excluding carboxylic acids is 1. The van der Waals surface area contributed by atoms with Crippen LogP contribution in [0.5, 0.6) is 0 Å². The molecule has 0 unspecified atom stereocenters. The van der Waals surface area contributed by atoms with Crippen LogP contribution < -0.4 is 11.1 Å². The fourth-order valence-corrected chi connectivity index (χ4v) is 2.73. The van der Waals surface area contributed by atoms with E-state index in [4.69, 9.17) is 5.73 Å². The Morgan fingerprint density at radius 2 is 1.59 bits per heavy atom. The number of nitrogens with one attached hydrogen (secondary N) is 1. The molecule has 0 aliphatic rings. The minimum atomic E-state index is -4.33. The van der Waals surface area contributed by atoms with Gasteiger partial charge in [0.25, 0.3) is 0 Å². The summed E-state index contributed by atoms with van der Waals surface area (Å²) in [7, 11) is 0. The first-order valence-corrected chi connectivity index (χ1v) is 9.11. The van der Waals surface area contributed by atoms with Crippen LogP contribution in [-0.4, -0.2) is 18.5 Å². The van der Waals surface area contributed by atoms with Crippen molar-refractivity contribution in [2.45, 2.75) is 44.8 Å². The Morgan fingerprint density at radius 3 is 2.11 bits per heavy atom. The van der Waals surface area contributed by atoms with Gasteiger partial charge in [-0.2, -0.15) is 13.2 Å². The first-order chi connectivity index (χ1) is 12.8. The molecule has 6 heteroatoms. The summed E-state index contributed by atoms with van der Waals surface area (Å²) >= 11 is 0. The highest BCUT2D eigenvalue weighted by atomic mass is 19.4. The van der Waals surface area contributed by atoms with E-state index in [2.05, 4.69) is 12.2 Å². The number of rotatable bonds is 8. The maximum atomic E-state index is 12.6. The normalized spacial score (nSPS) is 12.6. The molecule has 0 saturated heterocycles. The van der Waals surface area contributed by atoms with Crippen LogP contribution in [0.3, 0.4) is 0 Å². The van der Waals surface area contributed by atoms with Gasteiger partial charge in [0.15, 0.2) is 0 Å². The van der Waals surface area contributed by atoms with Gasteiger partial charge in [-0.15, -0.1) is 0 Å². The summed E-state index contributed by atoms with van der Waals surface area (Å²) in [6.45, 7) is 2.55. The zero-order valence-electron chi connectivity index (χ0n) is 15.4. The molecule has 0 aromatic heterocycles. The third-order valence-corrected chi connectivity index (χ3v) is 4.42. The zero-order chi connectivity index (χ0) is 19.9. The van der Waals surface area contributed by atoms with Gasteiger partial charge in [0, 0.05) is 6.54 Å². The van der Waals surface area contributed by atoms with Crippen molar-refractivity contribution in [2.75, 3.05) is 6.54 Å². The largest absolute Gasteiger partial charge is 0.416 e. The quantitative estimate of drug-likeness (QED) is 0.708. The van der Waals surface area contributed by atoms with Crippen molar-refractivity contribution in [3.63, 3.8) is 0 Å². The van der Waals surface area contributed by atoms with Crippen molar-refractivity contribution in [2.24, 2.45) is 5.73 Å². The van der Waals surface area contributed by atoms with Crippen LogP contribution in [0.1, 0.15) is 37.3 Å². The number of benzene rings is 2. The van der Waals surface area contributed by atoms with Crippen molar-refractivity contribution in [1.29, 1.82) is 0 Å². The summed E-state index contributed by atoms with van der Waals surface area (Å²) in [5.74, 6) is -0.134. The van der Waals surface area contributed by atoms with Crippen molar-refractivity contribution >= 4 is 5.91 Å². The number of amides is 1. The van der Waals surface area contributed by atoms with E-state index < -0.39 is 17.8 Å². The summed E-state index contributed by atoms with van der Waals surface area (Å²) in [6.07, 6.45) is -1.04. The van der Waals surface area contributed by atoms with Crippen LogP contribution in [0.4, 0.5) is 13.2 Å². The summed E-state index contributed by atoms with van der Waals surface area (Å²) < 4.78 is 37.9. The minimum absolute atomic E-state index is 0.134. The molecule has 2 rings (SSSR count). The average molecular weight is 378 g/mol. The van der Waals surface area contributed by atoms with Gasteiger partial charge in [-0.1, -0.05) is 56.2 Å². The third kappa shape index (κ3) is 6.40. The highest BCUT2D eigenvalue weighted by molar-refractivity contribution is 5.81. The molecule has 3 nitrogen and oxygen atoms in total. The summed E-state index contributed by atoms with van der Waals surface area (Å²) in [4.78, 5) is 11.9. The van der Waals surface area contributed by atoms with Gasteiger partial charge in [-0.05, 0) is 41.7 Å². The molecule has 2 aromatic carbocycles. The van der Waals surface area contributed by atoms with Gasteiger partial charge in [-0.3, -0.25) is 4.79 Å². The fourth-order valence-electron chi connectivity index (χ4n) is 2.73. The zero-order valence-corrected chi connectivity index (χ0v) is 15.4. The minimum Gasteiger partial charge on any atom is -0.354 e. The Labute approximate surface area is 157 Å². The molecule has 0 saturated carbocycles. The summed E-state index contributed by atoms with van der Waals surface area (Å²) in [5.41, 5.74) is 7.77. The van der Waals surface area contributed by atoms with Gasteiger partial charge in [-0.25, -0.2) is 0 Å². The SMILES string of the molecule is CCCC[C@H](N)C(=O)NCCc1ccc(-c2ccc(C(F)(F)F)cc2)cc1. The van der Waals surface area contributed by atoms with E-state index in [0.717, 1.165) is 41.7 Å². The van der Waals surface area contributed by atoms with Gasteiger partial charge in [0.2, 0.25) is 5.91 Å². The van der Waals surface area contributed by atoms with E-state index in [1.165, 1.54) is 12.1 Å². The smallest absolute Gasteiger partial charge is 0.354 e. The van der Waals surface area contributed by atoms with E-state index in [0.29, 0.717) is 19.4 Å². The summed E-state index contributed by atoms with van der Waals surface area (Å²) in [6, 6.07) is 12.2. The van der Waals surface area contributed by atoms with Crippen molar-refractivity contribution in [1.82, 2.24) is 5.32 Å². The highest BCUT2D eigenvalue weighted by Crippen LogP contribution is 2.31. The lowest BCUT2D eigenvalue weighted by atomic mass is 10.0. The van der Waals surface area contributed by atoms with E-state index in [1.54, 1.807) is 0 Å². The lowest BCUT2D eigenvalue weighted by Gasteiger charge is -2.12. The first-order valence-electron chi connectivity index (χ1n) is 9.11. The number of nitrogens with two attached hydrogens (primary N) is 1. The molecule has 2 aromatic rings. The predicted molar refractivity (Wildman–Crippen MR) is 101 cm³/mol. The molecule has 3 N–H and O–H groups in total. The lowest BCUT2D eigenvalue weighted by molar-refractivity contribution is -0.137. The second kappa shape index (κ2) is 9.55. The molecule has 0 spiro atoms. The molecule has 146 valence electrons. The number of carbonyl (C=O) groups is 1. The number of halogens is 3. The second-order valence-corrected chi connectivity index (χ2v) is 6.56. The van der Waals surface area contributed by atoms with Crippen molar-refractivity contribution < 1.29 is 18.0 Å². The van der Waals surface area contributed by atoms with Gasteiger partial charge in [0.1, 0.15) is 0 Å². The number of alkyl halides is 3. The van der Waals surface area contributed by atoms with Crippen LogP contribution >= 0.6 is 0 Å². The number of hydrogen-bond acceptors (Lipinski definition) is 2. The Bertz CT molecular complexity index is 725.